The van der Waals surface area contributed by atoms with Crippen molar-refractivity contribution < 1.29 is 14.3 Å². The zero-order valence-electron chi connectivity index (χ0n) is 12.2. The van der Waals surface area contributed by atoms with Gasteiger partial charge in [0.25, 0.3) is 11.8 Å². The number of rotatable bonds is 2. The van der Waals surface area contributed by atoms with Crippen LogP contribution in [0.1, 0.15) is 18.9 Å². The van der Waals surface area contributed by atoms with E-state index in [0.29, 0.717) is 12.1 Å². The molecule has 2 bridgehead atoms. The van der Waals surface area contributed by atoms with Crippen LogP contribution in [0, 0.1) is 0 Å². The van der Waals surface area contributed by atoms with Gasteiger partial charge >= 0.3 is 0 Å². The number of fused-ring (bicyclic) bond motifs is 2. The van der Waals surface area contributed by atoms with E-state index in [2.05, 4.69) is 0 Å². The molecule has 110 valence electrons. The van der Waals surface area contributed by atoms with Crippen LogP contribution in [0.5, 0.6) is 0 Å². The maximum Gasteiger partial charge on any atom is 0.270 e. The van der Waals surface area contributed by atoms with E-state index in [4.69, 9.17) is 4.74 Å². The van der Waals surface area contributed by atoms with Crippen molar-refractivity contribution in [2.24, 2.45) is 0 Å². The standard InChI is InChI=1S/C18H15NO3/c1-17-12-18(22-17,13-8-4-2-5-9-13)16(21)19(15(17)20)14-10-6-3-7-11-14/h2-11H,12H2,1H3. The summed E-state index contributed by atoms with van der Waals surface area (Å²) in [6.45, 7) is 1.75. The predicted molar refractivity (Wildman–Crippen MR) is 81.2 cm³/mol. The number of anilines is 1. The van der Waals surface area contributed by atoms with Gasteiger partial charge in [0.1, 0.15) is 5.60 Å². The van der Waals surface area contributed by atoms with E-state index in [9.17, 15) is 9.59 Å². The minimum Gasteiger partial charge on any atom is -0.344 e. The Morgan fingerprint density at radius 2 is 1.45 bits per heavy atom. The number of benzene rings is 2. The third-order valence-electron chi connectivity index (χ3n) is 4.44. The number of nitrogens with zero attached hydrogens (tertiary/aromatic N) is 1. The van der Waals surface area contributed by atoms with Crippen molar-refractivity contribution in [3.05, 3.63) is 66.2 Å². The molecule has 5 rings (SSSR count). The molecule has 2 atom stereocenters. The zero-order valence-corrected chi connectivity index (χ0v) is 12.2. The minimum atomic E-state index is -1.04. The molecular weight excluding hydrogens is 278 g/mol. The molecule has 4 heteroatoms. The van der Waals surface area contributed by atoms with E-state index in [-0.39, 0.29) is 11.8 Å². The molecule has 22 heavy (non-hydrogen) atoms. The van der Waals surface area contributed by atoms with Crippen LogP contribution in [0.2, 0.25) is 0 Å². The summed E-state index contributed by atoms with van der Waals surface area (Å²) < 4.78 is 5.87. The molecule has 2 aromatic carbocycles. The van der Waals surface area contributed by atoms with E-state index in [0.717, 1.165) is 5.56 Å². The average Bonchev–Trinajstić information content (AvgIpc) is 2.52. The summed E-state index contributed by atoms with van der Waals surface area (Å²) in [5.41, 5.74) is -0.586. The number of morpholine rings is 1. The molecule has 0 aromatic heterocycles. The average molecular weight is 293 g/mol. The van der Waals surface area contributed by atoms with Gasteiger partial charge in [-0.25, -0.2) is 4.90 Å². The fourth-order valence-corrected chi connectivity index (χ4v) is 3.40. The van der Waals surface area contributed by atoms with Gasteiger partial charge in [0, 0.05) is 6.42 Å². The number of carbonyl (C=O) groups excluding carboxylic acids is 2. The lowest BCUT2D eigenvalue weighted by atomic mass is 9.70. The summed E-state index contributed by atoms with van der Waals surface area (Å²) in [6.07, 6.45) is 0.394. The summed E-state index contributed by atoms with van der Waals surface area (Å²) in [7, 11) is 0. The van der Waals surface area contributed by atoms with Crippen LogP contribution in [-0.2, 0) is 19.9 Å². The smallest absolute Gasteiger partial charge is 0.270 e. The second-order valence-corrected chi connectivity index (χ2v) is 5.98. The molecule has 0 N–H and O–H groups in total. The van der Waals surface area contributed by atoms with Crippen LogP contribution in [0.3, 0.4) is 0 Å². The monoisotopic (exact) mass is 293 g/mol. The van der Waals surface area contributed by atoms with E-state index in [1.54, 1.807) is 19.1 Å². The molecule has 4 nitrogen and oxygen atoms in total. The Morgan fingerprint density at radius 3 is 2.05 bits per heavy atom. The van der Waals surface area contributed by atoms with Crippen LogP contribution in [-0.4, -0.2) is 17.4 Å². The number of para-hydroxylation sites is 1. The molecule has 2 amide bonds. The number of piperidine rings is 1. The molecule has 3 fully saturated rings. The number of hydrogen-bond donors (Lipinski definition) is 0. The number of hydrogen-bond acceptors (Lipinski definition) is 3. The molecule has 2 aromatic rings. The van der Waals surface area contributed by atoms with Crippen molar-refractivity contribution in [2.75, 3.05) is 4.90 Å². The largest absolute Gasteiger partial charge is 0.344 e. The highest BCUT2D eigenvalue weighted by Gasteiger charge is 2.70. The van der Waals surface area contributed by atoms with Crippen LogP contribution in [0.4, 0.5) is 5.69 Å². The molecule has 3 saturated heterocycles. The predicted octanol–water partition coefficient (Wildman–Crippen LogP) is 2.63. The lowest BCUT2D eigenvalue weighted by molar-refractivity contribution is -0.261. The summed E-state index contributed by atoms with van der Waals surface area (Å²) in [4.78, 5) is 26.9. The van der Waals surface area contributed by atoms with E-state index < -0.39 is 11.2 Å². The van der Waals surface area contributed by atoms with Crippen molar-refractivity contribution in [3.8, 4) is 0 Å². The summed E-state index contributed by atoms with van der Waals surface area (Å²) in [5.74, 6) is -0.597. The van der Waals surface area contributed by atoms with Crippen molar-refractivity contribution in [2.45, 2.75) is 24.5 Å². The first-order chi connectivity index (χ1) is 10.6. The van der Waals surface area contributed by atoms with Crippen LogP contribution in [0.15, 0.2) is 60.7 Å². The van der Waals surface area contributed by atoms with E-state index >= 15 is 0 Å². The number of ether oxygens (including phenoxy) is 1. The fraction of sp³-hybridized carbons (Fsp3) is 0.222. The lowest BCUT2D eigenvalue weighted by Crippen LogP contribution is -2.76. The van der Waals surface area contributed by atoms with Crippen LogP contribution >= 0.6 is 0 Å². The van der Waals surface area contributed by atoms with Gasteiger partial charge < -0.3 is 4.74 Å². The van der Waals surface area contributed by atoms with Crippen molar-refractivity contribution in [1.29, 1.82) is 0 Å². The quantitative estimate of drug-likeness (QED) is 0.800. The second-order valence-electron chi connectivity index (χ2n) is 5.98. The minimum absolute atomic E-state index is 0.290. The molecule has 0 radical (unpaired) electrons. The highest BCUT2D eigenvalue weighted by Crippen LogP contribution is 2.54. The Kier molecular flexibility index (Phi) is 2.57. The lowest BCUT2D eigenvalue weighted by Gasteiger charge is -2.58. The summed E-state index contributed by atoms with van der Waals surface area (Å²) in [6, 6.07) is 18.4. The zero-order chi connectivity index (χ0) is 15.4. The molecule has 3 aliphatic heterocycles. The molecule has 0 saturated carbocycles. The van der Waals surface area contributed by atoms with Gasteiger partial charge in [-0.05, 0) is 24.6 Å². The number of imide groups is 1. The first-order valence-electron chi connectivity index (χ1n) is 7.27. The highest BCUT2D eigenvalue weighted by molar-refractivity contribution is 6.24. The third-order valence-corrected chi connectivity index (χ3v) is 4.44. The topological polar surface area (TPSA) is 46.6 Å². The van der Waals surface area contributed by atoms with Crippen LogP contribution in [0.25, 0.3) is 0 Å². The molecule has 2 unspecified atom stereocenters. The van der Waals surface area contributed by atoms with Crippen molar-refractivity contribution in [1.82, 2.24) is 0 Å². The van der Waals surface area contributed by atoms with Gasteiger partial charge in [-0.2, -0.15) is 0 Å². The number of amides is 2. The fourth-order valence-electron chi connectivity index (χ4n) is 3.40. The van der Waals surface area contributed by atoms with Crippen molar-refractivity contribution >= 4 is 17.5 Å². The normalized spacial score (nSPS) is 30.1. The molecule has 3 heterocycles. The third kappa shape index (κ3) is 1.56. The number of carbonyl (C=O) groups is 2. The SMILES string of the molecule is CC12CC(c3ccccc3)(O1)C(=O)N(c1ccccc1)C2=O. The maximum atomic E-state index is 13.0. The molecule has 0 aliphatic carbocycles. The Morgan fingerprint density at radius 1 is 0.909 bits per heavy atom. The van der Waals surface area contributed by atoms with Crippen LogP contribution < -0.4 is 4.90 Å². The Hall–Kier alpha value is -2.46. The Labute approximate surface area is 128 Å². The molecule has 3 aliphatic rings. The molecule has 0 spiro atoms. The Balaban J connectivity index is 1.83. The van der Waals surface area contributed by atoms with E-state index in [1.165, 1.54) is 4.90 Å². The van der Waals surface area contributed by atoms with Gasteiger partial charge in [0.2, 0.25) is 0 Å². The maximum absolute atomic E-state index is 13.0. The summed E-state index contributed by atoms with van der Waals surface area (Å²) in [5, 5.41) is 0. The van der Waals surface area contributed by atoms with Gasteiger partial charge in [-0.15, -0.1) is 0 Å². The van der Waals surface area contributed by atoms with Gasteiger partial charge in [-0.1, -0.05) is 48.5 Å². The van der Waals surface area contributed by atoms with Gasteiger partial charge in [0.15, 0.2) is 5.60 Å². The van der Waals surface area contributed by atoms with Crippen molar-refractivity contribution in [3.63, 3.8) is 0 Å². The molecular formula is C18H15NO3. The first kappa shape index (κ1) is 13.2. The van der Waals surface area contributed by atoms with E-state index in [1.807, 2.05) is 48.5 Å². The highest BCUT2D eigenvalue weighted by atomic mass is 16.6. The first-order valence-corrected chi connectivity index (χ1v) is 7.27. The van der Waals surface area contributed by atoms with Gasteiger partial charge in [-0.3, -0.25) is 9.59 Å². The summed E-state index contributed by atoms with van der Waals surface area (Å²) >= 11 is 0. The van der Waals surface area contributed by atoms with Gasteiger partial charge in [0.05, 0.1) is 5.69 Å². The second kappa shape index (κ2) is 4.27. The Bertz CT molecular complexity index is 748.